The number of anilines is 1. The van der Waals surface area contributed by atoms with Crippen LogP contribution in [-0.4, -0.2) is 37.3 Å². The van der Waals surface area contributed by atoms with Gasteiger partial charge in [0.25, 0.3) is 0 Å². The molecule has 2 aromatic heterocycles. The SMILES string of the molecule is Cc1cc(NCC[C@](O)(c2nccn2C)C(F)(F)F)nc(C)n1. The highest BCUT2D eigenvalue weighted by Crippen LogP contribution is 2.40. The number of halogens is 3. The standard InChI is InChI=1S/C14H18F3N5O/c1-9-8-11(21-10(2)20-9)18-5-4-13(23,14(15,16)17)12-19-6-7-22(12)3/h6-8,23H,4-5H2,1-3H3,(H,18,20,21)/t13-/m0/s1. The molecule has 2 rings (SSSR count). The summed E-state index contributed by atoms with van der Waals surface area (Å²) in [6.45, 7) is 3.33. The third kappa shape index (κ3) is 3.61. The molecule has 0 aliphatic carbocycles. The van der Waals surface area contributed by atoms with Crippen molar-refractivity contribution < 1.29 is 18.3 Å². The second-order valence-corrected chi connectivity index (χ2v) is 5.34. The lowest BCUT2D eigenvalue weighted by molar-refractivity contribution is -0.271. The van der Waals surface area contributed by atoms with Crippen LogP contribution in [0.15, 0.2) is 18.5 Å². The monoisotopic (exact) mass is 329 g/mol. The summed E-state index contributed by atoms with van der Waals surface area (Å²) >= 11 is 0. The number of hydrogen-bond acceptors (Lipinski definition) is 5. The molecule has 23 heavy (non-hydrogen) atoms. The quantitative estimate of drug-likeness (QED) is 0.878. The molecular formula is C14H18F3N5O. The van der Waals surface area contributed by atoms with Crippen molar-refractivity contribution in [2.75, 3.05) is 11.9 Å². The van der Waals surface area contributed by atoms with Gasteiger partial charge in [-0.1, -0.05) is 0 Å². The molecule has 0 fully saturated rings. The Labute approximate surface area is 131 Å². The maximum atomic E-state index is 13.3. The predicted octanol–water partition coefficient (Wildman–Crippen LogP) is 2.08. The van der Waals surface area contributed by atoms with Gasteiger partial charge in [0.1, 0.15) is 17.5 Å². The van der Waals surface area contributed by atoms with E-state index < -0.39 is 24.0 Å². The van der Waals surface area contributed by atoms with Crippen molar-refractivity contribution in [1.82, 2.24) is 19.5 Å². The number of hydrogen-bond donors (Lipinski definition) is 2. The Bertz CT molecular complexity index is 665. The van der Waals surface area contributed by atoms with Gasteiger partial charge in [-0.25, -0.2) is 15.0 Å². The van der Waals surface area contributed by atoms with Crippen LogP contribution in [0.1, 0.15) is 23.8 Å². The number of nitrogens with zero attached hydrogens (tertiary/aromatic N) is 4. The maximum absolute atomic E-state index is 13.3. The smallest absolute Gasteiger partial charge is 0.374 e. The van der Waals surface area contributed by atoms with E-state index in [1.165, 1.54) is 19.4 Å². The van der Waals surface area contributed by atoms with Crippen LogP contribution in [0, 0.1) is 13.8 Å². The molecule has 0 saturated carbocycles. The normalized spacial score (nSPS) is 14.6. The summed E-state index contributed by atoms with van der Waals surface area (Å²) in [5.41, 5.74) is -2.33. The number of imidazole rings is 1. The van der Waals surface area contributed by atoms with E-state index in [9.17, 15) is 18.3 Å². The van der Waals surface area contributed by atoms with Gasteiger partial charge in [0.2, 0.25) is 5.60 Å². The van der Waals surface area contributed by atoms with E-state index in [2.05, 4.69) is 20.3 Å². The minimum atomic E-state index is -4.84. The average Bonchev–Trinajstić information content (AvgIpc) is 2.82. The third-order valence-corrected chi connectivity index (χ3v) is 3.42. The topological polar surface area (TPSA) is 75.9 Å². The van der Waals surface area contributed by atoms with E-state index >= 15 is 0 Å². The lowest BCUT2D eigenvalue weighted by atomic mass is 9.97. The van der Waals surface area contributed by atoms with E-state index in [0.717, 1.165) is 4.57 Å². The van der Waals surface area contributed by atoms with Crippen molar-refractivity contribution >= 4 is 5.82 Å². The van der Waals surface area contributed by atoms with Crippen LogP contribution in [0.3, 0.4) is 0 Å². The molecule has 2 heterocycles. The largest absolute Gasteiger partial charge is 0.424 e. The van der Waals surface area contributed by atoms with Crippen molar-refractivity contribution in [3.05, 3.63) is 35.8 Å². The number of aryl methyl sites for hydroxylation is 3. The fraction of sp³-hybridized carbons (Fsp3) is 0.500. The van der Waals surface area contributed by atoms with Gasteiger partial charge in [-0.2, -0.15) is 13.2 Å². The van der Waals surface area contributed by atoms with Gasteiger partial charge in [0.05, 0.1) is 0 Å². The highest BCUT2D eigenvalue weighted by Gasteiger charge is 2.57. The lowest BCUT2D eigenvalue weighted by Crippen LogP contribution is -2.45. The minimum absolute atomic E-state index is 0.126. The molecule has 6 nitrogen and oxygen atoms in total. The molecule has 0 radical (unpaired) electrons. The number of aliphatic hydroxyl groups is 1. The molecular weight excluding hydrogens is 311 g/mol. The molecule has 0 aliphatic heterocycles. The van der Waals surface area contributed by atoms with Gasteiger partial charge in [-0.3, -0.25) is 0 Å². The molecule has 0 aromatic carbocycles. The Morgan fingerprint density at radius 1 is 1.26 bits per heavy atom. The number of nitrogens with one attached hydrogen (secondary N) is 1. The zero-order valence-corrected chi connectivity index (χ0v) is 13.0. The minimum Gasteiger partial charge on any atom is -0.374 e. The van der Waals surface area contributed by atoms with E-state index in [-0.39, 0.29) is 6.54 Å². The van der Waals surface area contributed by atoms with Gasteiger partial charge in [0, 0.05) is 44.2 Å². The summed E-state index contributed by atoms with van der Waals surface area (Å²) in [6.07, 6.45) is -2.86. The molecule has 2 aromatic rings. The number of rotatable bonds is 5. The fourth-order valence-electron chi connectivity index (χ4n) is 2.32. The molecule has 0 bridgehead atoms. The summed E-state index contributed by atoms with van der Waals surface area (Å²) in [7, 11) is 1.41. The highest BCUT2D eigenvalue weighted by atomic mass is 19.4. The second kappa shape index (κ2) is 6.15. The molecule has 0 saturated heterocycles. The molecule has 2 N–H and O–H groups in total. The van der Waals surface area contributed by atoms with Gasteiger partial charge >= 0.3 is 6.18 Å². The third-order valence-electron chi connectivity index (χ3n) is 3.42. The van der Waals surface area contributed by atoms with Crippen LogP contribution < -0.4 is 5.32 Å². The molecule has 1 atom stereocenters. The molecule has 0 unspecified atom stereocenters. The van der Waals surface area contributed by atoms with Crippen molar-refractivity contribution in [2.24, 2.45) is 7.05 Å². The first kappa shape index (κ1) is 17.2. The fourth-order valence-corrected chi connectivity index (χ4v) is 2.32. The molecule has 0 amide bonds. The summed E-state index contributed by atoms with van der Waals surface area (Å²) in [5, 5.41) is 13.0. The van der Waals surface area contributed by atoms with Gasteiger partial charge in [-0.05, 0) is 13.8 Å². The van der Waals surface area contributed by atoms with Crippen molar-refractivity contribution in [3.63, 3.8) is 0 Å². The average molecular weight is 329 g/mol. The van der Waals surface area contributed by atoms with Crippen LogP contribution in [0.4, 0.5) is 19.0 Å². The van der Waals surface area contributed by atoms with E-state index in [1.807, 2.05) is 0 Å². The first-order chi connectivity index (χ1) is 10.6. The Hall–Kier alpha value is -2.16. The van der Waals surface area contributed by atoms with Crippen molar-refractivity contribution in [2.45, 2.75) is 32.0 Å². The molecule has 0 spiro atoms. The Morgan fingerprint density at radius 2 is 1.96 bits per heavy atom. The first-order valence-corrected chi connectivity index (χ1v) is 6.96. The van der Waals surface area contributed by atoms with Gasteiger partial charge < -0.3 is 15.0 Å². The lowest BCUT2D eigenvalue weighted by Gasteiger charge is -2.30. The molecule has 9 heteroatoms. The Kier molecular flexibility index (Phi) is 4.60. The maximum Gasteiger partial charge on any atom is 0.424 e. The van der Waals surface area contributed by atoms with Crippen LogP contribution in [0.2, 0.25) is 0 Å². The van der Waals surface area contributed by atoms with Gasteiger partial charge in [0.15, 0.2) is 0 Å². The van der Waals surface area contributed by atoms with Crippen LogP contribution in [-0.2, 0) is 12.6 Å². The zero-order valence-electron chi connectivity index (χ0n) is 13.0. The predicted molar refractivity (Wildman–Crippen MR) is 77.8 cm³/mol. The number of aromatic nitrogens is 4. The summed E-state index contributed by atoms with van der Waals surface area (Å²) < 4.78 is 41.2. The molecule has 126 valence electrons. The summed E-state index contributed by atoms with van der Waals surface area (Å²) in [4.78, 5) is 11.8. The summed E-state index contributed by atoms with van der Waals surface area (Å²) in [5.74, 6) is 0.490. The van der Waals surface area contributed by atoms with Crippen LogP contribution >= 0.6 is 0 Å². The van der Waals surface area contributed by atoms with E-state index in [0.29, 0.717) is 17.3 Å². The first-order valence-electron chi connectivity index (χ1n) is 6.96. The van der Waals surface area contributed by atoms with Crippen molar-refractivity contribution in [3.8, 4) is 0 Å². The van der Waals surface area contributed by atoms with Crippen molar-refractivity contribution in [1.29, 1.82) is 0 Å². The summed E-state index contributed by atoms with van der Waals surface area (Å²) in [6, 6.07) is 1.63. The van der Waals surface area contributed by atoms with Crippen LogP contribution in [0.5, 0.6) is 0 Å². The van der Waals surface area contributed by atoms with Gasteiger partial charge in [-0.15, -0.1) is 0 Å². The van der Waals surface area contributed by atoms with Crippen LogP contribution in [0.25, 0.3) is 0 Å². The number of alkyl halides is 3. The molecule has 0 aliphatic rings. The van der Waals surface area contributed by atoms with E-state index in [4.69, 9.17) is 0 Å². The highest BCUT2D eigenvalue weighted by molar-refractivity contribution is 5.35. The zero-order chi connectivity index (χ0) is 17.3. The second-order valence-electron chi connectivity index (χ2n) is 5.34. The van der Waals surface area contributed by atoms with E-state index in [1.54, 1.807) is 19.9 Å². The Morgan fingerprint density at radius 3 is 2.48 bits per heavy atom. The Balaban J connectivity index is 2.15.